The van der Waals surface area contributed by atoms with E-state index in [1.807, 2.05) is 6.92 Å². The monoisotopic (exact) mass is 375 g/mol. The van der Waals surface area contributed by atoms with Crippen LogP contribution in [0.3, 0.4) is 0 Å². The second-order valence-electron chi connectivity index (χ2n) is 5.95. The Morgan fingerprint density at radius 2 is 2.04 bits per heavy atom. The van der Waals surface area contributed by atoms with Crippen molar-refractivity contribution in [2.45, 2.75) is 30.7 Å². The molecule has 1 atom stereocenters. The first-order valence-electron chi connectivity index (χ1n) is 7.68. The first kappa shape index (κ1) is 19.0. The predicted octanol–water partition coefficient (Wildman–Crippen LogP) is 0.952. The third kappa shape index (κ3) is 4.38. The summed E-state index contributed by atoms with van der Waals surface area (Å²) in [6, 6.07) is 4.28. The Labute approximate surface area is 146 Å². The van der Waals surface area contributed by atoms with E-state index in [-0.39, 0.29) is 21.7 Å². The molecule has 4 N–H and O–H groups in total. The quantitative estimate of drug-likeness (QED) is 0.768. The maximum atomic E-state index is 12.9. The molecule has 1 saturated heterocycles. The van der Waals surface area contributed by atoms with Gasteiger partial charge in [0.15, 0.2) is 6.61 Å². The van der Waals surface area contributed by atoms with E-state index in [1.165, 1.54) is 22.5 Å². The average molecular weight is 376 g/mol. The molecule has 1 amide bonds. The summed E-state index contributed by atoms with van der Waals surface area (Å²) >= 11 is 5.94. The molecule has 24 heavy (non-hydrogen) atoms. The van der Waals surface area contributed by atoms with E-state index in [2.05, 4.69) is 0 Å². The van der Waals surface area contributed by atoms with Crippen LogP contribution in [0.4, 0.5) is 0 Å². The first-order chi connectivity index (χ1) is 11.2. The van der Waals surface area contributed by atoms with Gasteiger partial charge in [0.25, 0.3) is 5.91 Å². The number of nitrogens with zero attached hydrogens (tertiary/aromatic N) is 1. The van der Waals surface area contributed by atoms with Crippen LogP contribution in [0.1, 0.15) is 19.8 Å². The molecule has 1 aromatic carbocycles. The number of primary amides is 1. The lowest BCUT2D eigenvalue weighted by atomic mass is 9.92. The molecule has 1 unspecified atom stereocenters. The summed E-state index contributed by atoms with van der Waals surface area (Å²) in [4.78, 5) is 10.8. The zero-order valence-electron chi connectivity index (χ0n) is 13.4. The Kier molecular flexibility index (Phi) is 6.08. The lowest BCUT2D eigenvalue weighted by Crippen LogP contribution is -2.42. The molecule has 0 saturated carbocycles. The third-order valence-electron chi connectivity index (χ3n) is 4.14. The van der Waals surface area contributed by atoms with Crippen LogP contribution >= 0.6 is 11.6 Å². The van der Waals surface area contributed by atoms with Crippen LogP contribution in [0.25, 0.3) is 0 Å². The van der Waals surface area contributed by atoms with Gasteiger partial charge in [0.2, 0.25) is 10.0 Å². The molecule has 0 bridgehead atoms. The number of carbonyl (C=O) groups is 1. The summed E-state index contributed by atoms with van der Waals surface area (Å²) in [7, 11) is -3.78. The van der Waals surface area contributed by atoms with E-state index in [1.54, 1.807) is 0 Å². The highest BCUT2D eigenvalue weighted by molar-refractivity contribution is 7.89. The third-order valence-corrected chi connectivity index (χ3v) is 6.29. The summed E-state index contributed by atoms with van der Waals surface area (Å²) in [6.07, 6.45) is 1.41. The number of nitrogens with two attached hydrogens (primary N) is 2. The van der Waals surface area contributed by atoms with Crippen LogP contribution in [0, 0.1) is 5.92 Å². The van der Waals surface area contributed by atoms with Gasteiger partial charge in [-0.05, 0) is 43.9 Å². The van der Waals surface area contributed by atoms with E-state index >= 15 is 0 Å². The van der Waals surface area contributed by atoms with Crippen molar-refractivity contribution in [2.75, 3.05) is 19.7 Å². The maximum Gasteiger partial charge on any atom is 0.255 e. The van der Waals surface area contributed by atoms with Gasteiger partial charge in [0.05, 0.1) is 0 Å². The van der Waals surface area contributed by atoms with Crippen molar-refractivity contribution < 1.29 is 17.9 Å². The lowest BCUT2D eigenvalue weighted by molar-refractivity contribution is -0.120. The van der Waals surface area contributed by atoms with Gasteiger partial charge in [0, 0.05) is 24.2 Å². The number of sulfonamides is 1. The van der Waals surface area contributed by atoms with E-state index in [9.17, 15) is 13.2 Å². The number of carbonyl (C=O) groups excluding carboxylic acids is 1. The number of halogens is 1. The molecular formula is C15H22ClN3O4S. The van der Waals surface area contributed by atoms with Gasteiger partial charge in [-0.2, -0.15) is 4.31 Å². The highest BCUT2D eigenvalue weighted by Gasteiger charge is 2.32. The molecule has 0 aliphatic carbocycles. The number of hydrogen-bond acceptors (Lipinski definition) is 5. The van der Waals surface area contributed by atoms with Gasteiger partial charge >= 0.3 is 0 Å². The molecule has 1 aromatic rings. The molecule has 1 fully saturated rings. The van der Waals surface area contributed by atoms with Gasteiger partial charge < -0.3 is 16.2 Å². The molecule has 1 aliphatic heterocycles. The summed E-state index contributed by atoms with van der Waals surface area (Å²) < 4.78 is 32.5. The zero-order chi connectivity index (χ0) is 17.9. The summed E-state index contributed by atoms with van der Waals surface area (Å²) in [5.41, 5.74) is 10.9. The van der Waals surface area contributed by atoms with Crippen LogP contribution in [-0.2, 0) is 14.8 Å². The van der Waals surface area contributed by atoms with Crippen LogP contribution in [0.15, 0.2) is 23.1 Å². The summed E-state index contributed by atoms with van der Waals surface area (Å²) in [5.74, 6) is -0.319. The molecule has 0 aromatic heterocycles. The molecule has 0 radical (unpaired) electrons. The molecule has 1 aliphatic rings. The fourth-order valence-corrected chi connectivity index (χ4v) is 4.60. The lowest BCUT2D eigenvalue weighted by Gasteiger charge is -2.33. The standard InChI is InChI=1S/C15H22ClN3O4S/c1-10(17)11-4-6-19(7-5-11)24(21,22)14-8-12(16)2-3-13(14)23-9-15(18)20/h2-3,8,10-11H,4-7,9,17H2,1H3,(H2,18,20). The first-order valence-corrected chi connectivity index (χ1v) is 9.50. The minimum Gasteiger partial charge on any atom is -0.482 e. The van der Waals surface area contributed by atoms with Crippen LogP contribution in [0.5, 0.6) is 5.75 Å². The highest BCUT2D eigenvalue weighted by Crippen LogP contribution is 2.32. The Balaban J connectivity index is 2.25. The molecule has 2 rings (SSSR count). The zero-order valence-corrected chi connectivity index (χ0v) is 15.0. The second-order valence-corrected chi connectivity index (χ2v) is 8.29. The van der Waals surface area contributed by atoms with Gasteiger partial charge in [-0.15, -0.1) is 0 Å². The van der Waals surface area contributed by atoms with Crippen molar-refractivity contribution in [2.24, 2.45) is 17.4 Å². The second kappa shape index (κ2) is 7.69. The fourth-order valence-electron chi connectivity index (χ4n) is 2.73. The van der Waals surface area contributed by atoms with E-state index in [4.69, 9.17) is 27.8 Å². The van der Waals surface area contributed by atoms with Gasteiger partial charge in [-0.25, -0.2) is 8.42 Å². The highest BCUT2D eigenvalue weighted by atomic mass is 35.5. The predicted molar refractivity (Wildman–Crippen MR) is 91.3 cm³/mol. The smallest absolute Gasteiger partial charge is 0.255 e. The number of hydrogen-bond donors (Lipinski definition) is 2. The van der Waals surface area contributed by atoms with Crippen molar-refractivity contribution in [3.8, 4) is 5.75 Å². The number of amides is 1. The van der Waals surface area contributed by atoms with Crippen molar-refractivity contribution in [3.63, 3.8) is 0 Å². The Morgan fingerprint density at radius 1 is 1.42 bits per heavy atom. The van der Waals surface area contributed by atoms with Gasteiger partial charge in [0.1, 0.15) is 10.6 Å². The van der Waals surface area contributed by atoms with E-state index < -0.39 is 22.5 Å². The van der Waals surface area contributed by atoms with Crippen LogP contribution < -0.4 is 16.2 Å². The minimum atomic E-state index is -3.78. The van der Waals surface area contributed by atoms with Crippen molar-refractivity contribution in [1.82, 2.24) is 4.31 Å². The maximum absolute atomic E-state index is 12.9. The van der Waals surface area contributed by atoms with Gasteiger partial charge in [-0.3, -0.25) is 4.79 Å². The number of rotatable bonds is 6. The molecule has 7 nitrogen and oxygen atoms in total. The fraction of sp³-hybridized carbons (Fsp3) is 0.533. The SMILES string of the molecule is CC(N)C1CCN(S(=O)(=O)c2cc(Cl)ccc2OCC(N)=O)CC1. The number of piperidine rings is 1. The van der Waals surface area contributed by atoms with Crippen molar-refractivity contribution >= 4 is 27.5 Å². The molecular weight excluding hydrogens is 354 g/mol. The Hall–Kier alpha value is -1.35. The molecule has 0 spiro atoms. The van der Waals surface area contributed by atoms with Crippen molar-refractivity contribution in [3.05, 3.63) is 23.2 Å². The number of ether oxygens (including phenoxy) is 1. The van der Waals surface area contributed by atoms with Crippen molar-refractivity contribution in [1.29, 1.82) is 0 Å². The average Bonchev–Trinajstić information content (AvgIpc) is 2.53. The summed E-state index contributed by atoms with van der Waals surface area (Å²) in [5, 5.41) is 0.269. The number of benzene rings is 1. The van der Waals surface area contributed by atoms with E-state index in [0.717, 1.165) is 0 Å². The summed E-state index contributed by atoms with van der Waals surface area (Å²) in [6.45, 7) is 2.30. The van der Waals surface area contributed by atoms with Crippen LogP contribution in [0.2, 0.25) is 5.02 Å². The largest absolute Gasteiger partial charge is 0.482 e. The topological polar surface area (TPSA) is 116 Å². The Morgan fingerprint density at radius 3 is 2.58 bits per heavy atom. The minimum absolute atomic E-state index is 0.0375. The molecule has 1 heterocycles. The molecule has 134 valence electrons. The molecule has 9 heteroatoms. The van der Waals surface area contributed by atoms with E-state index in [0.29, 0.717) is 31.8 Å². The van der Waals surface area contributed by atoms with Crippen LogP contribution in [-0.4, -0.2) is 44.4 Å². The normalized spacial score (nSPS) is 18.3. The Bertz CT molecular complexity index is 701. The van der Waals surface area contributed by atoms with Gasteiger partial charge in [-0.1, -0.05) is 11.6 Å².